The van der Waals surface area contributed by atoms with Gasteiger partial charge in [0.15, 0.2) is 0 Å². The number of hydrogen-bond donors (Lipinski definition) is 0. The van der Waals surface area contributed by atoms with Crippen LogP contribution in [0.5, 0.6) is 5.75 Å². The van der Waals surface area contributed by atoms with Crippen LogP contribution in [-0.2, 0) is 9.53 Å². The minimum Gasteiger partial charge on any atom is -0.490 e. The zero-order valence-corrected chi connectivity index (χ0v) is 14.3. The molecular formula is C21H24O3. The minimum atomic E-state index is -0.181. The predicted octanol–water partition coefficient (Wildman–Crippen LogP) is 4.73. The Morgan fingerprint density at radius 2 is 1.71 bits per heavy atom. The molecule has 0 aliphatic heterocycles. The molecule has 1 unspecified atom stereocenters. The Balaban J connectivity index is 2.18. The molecule has 3 heteroatoms. The van der Waals surface area contributed by atoms with Crippen molar-refractivity contribution in [2.45, 2.75) is 26.2 Å². The first-order valence-corrected chi connectivity index (χ1v) is 8.29. The Morgan fingerprint density at radius 3 is 2.33 bits per heavy atom. The Kier molecular flexibility index (Phi) is 7.09. The molecular weight excluding hydrogens is 300 g/mol. The molecule has 0 amide bonds. The predicted molar refractivity (Wildman–Crippen MR) is 96.3 cm³/mol. The molecule has 2 aromatic carbocycles. The molecule has 24 heavy (non-hydrogen) atoms. The summed E-state index contributed by atoms with van der Waals surface area (Å²) in [7, 11) is 0. The molecule has 0 fully saturated rings. The highest BCUT2D eigenvalue weighted by atomic mass is 16.5. The molecule has 0 aliphatic rings. The number of carbonyl (C=O) groups excluding carboxylic acids is 1. The average molecular weight is 324 g/mol. The minimum absolute atomic E-state index is 0.0187. The molecule has 2 aromatic rings. The number of ether oxygens (including phenoxy) is 2. The van der Waals surface area contributed by atoms with Crippen molar-refractivity contribution in [3.05, 3.63) is 77.9 Å². The van der Waals surface area contributed by atoms with E-state index in [1.54, 1.807) is 0 Å². The molecule has 0 N–H and O–H groups in total. The summed E-state index contributed by atoms with van der Waals surface area (Å²) in [5.41, 5.74) is 2.18. The molecule has 0 aliphatic carbocycles. The van der Waals surface area contributed by atoms with Gasteiger partial charge in [0.25, 0.3) is 0 Å². The van der Waals surface area contributed by atoms with E-state index in [0.29, 0.717) is 19.6 Å². The SMILES string of the molecule is CC=CCOc1ccc(C(CC(=O)OCC)c2ccccc2)cc1. The van der Waals surface area contributed by atoms with E-state index in [4.69, 9.17) is 9.47 Å². The average Bonchev–Trinajstić information content (AvgIpc) is 2.62. The van der Waals surface area contributed by atoms with Crippen LogP contribution in [0.15, 0.2) is 66.7 Å². The number of hydrogen-bond acceptors (Lipinski definition) is 3. The summed E-state index contributed by atoms with van der Waals surface area (Å²) < 4.78 is 10.8. The number of carbonyl (C=O) groups is 1. The van der Waals surface area contributed by atoms with Crippen molar-refractivity contribution in [2.24, 2.45) is 0 Å². The first-order valence-electron chi connectivity index (χ1n) is 8.29. The first-order chi connectivity index (χ1) is 11.7. The molecule has 0 spiro atoms. The lowest BCUT2D eigenvalue weighted by Gasteiger charge is -2.17. The van der Waals surface area contributed by atoms with E-state index in [9.17, 15) is 4.79 Å². The number of allylic oxidation sites excluding steroid dienone is 1. The lowest BCUT2D eigenvalue weighted by atomic mass is 9.88. The topological polar surface area (TPSA) is 35.5 Å². The summed E-state index contributed by atoms with van der Waals surface area (Å²) in [6.45, 7) is 4.75. The van der Waals surface area contributed by atoms with Crippen molar-refractivity contribution in [2.75, 3.05) is 13.2 Å². The van der Waals surface area contributed by atoms with Crippen molar-refractivity contribution in [1.29, 1.82) is 0 Å². The van der Waals surface area contributed by atoms with Gasteiger partial charge in [0.1, 0.15) is 12.4 Å². The fourth-order valence-electron chi connectivity index (χ4n) is 2.54. The molecule has 2 rings (SSSR count). The van der Waals surface area contributed by atoms with E-state index in [1.165, 1.54) is 0 Å². The van der Waals surface area contributed by atoms with Crippen LogP contribution in [0.3, 0.4) is 0 Å². The summed E-state index contributed by atoms with van der Waals surface area (Å²) in [5.74, 6) is 0.620. The van der Waals surface area contributed by atoms with Gasteiger partial charge in [0.2, 0.25) is 0 Å². The molecule has 1 atom stereocenters. The van der Waals surface area contributed by atoms with Crippen LogP contribution in [0.2, 0.25) is 0 Å². The van der Waals surface area contributed by atoms with Crippen LogP contribution in [0, 0.1) is 0 Å². The maximum absolute atomic E-state index is 12.0. The van der Waals surface area contributed by atoms with Gasteiger partial charge in [-0.3, -0.25) is 4.79 Å². The molecule has 0 saturated carbocycles. The summed E-state index contributed by atoms with van der Waals surface area (Å²) in [4.78, 5) is 12.0. The van der Waals surface area contributed by atoms with Crippen molar-refractivity contribution in [1.82, 2.24) is 0 Å². The molecule has 0 bridgehead atoms. The Morgan fingerprint density at radius 1 is 1.04 bits per heavy atom. The van der Waals surface area contributed by atoms with Gasteiger partial charge in [0, 0.05) is 5.92 Å². The summed E-state index contributed by atoms with van der Waals surface area (Å²) in [6.07, 6.45) is 4.25. The molecule has 3 nitrogen and oxygen atoms in total. The highest BCUT2D eigenvalue weighted by molar-refractivity contribution is 5.71. The van der Waals surface area contributed by atoms with Gasteiger partial charge in [-0.15, -0.1) is 0 Å². The monoisotopic (exact) mass is 324 g/mol. The van der Waals surface area contributed by atoms with Crippen LogP contribution < -0.4 is 4.74 Å². The largest absolute Gasteiger partial charge is 0.490 e. The smallest absolute Gasteiger partial charge is 0.306 e. The van der Waals surface area contributed by atoms with Gasteiger partial charge >= 0.3 is 5.97 Å². The van der Waals surface area contributed by atoms with Crippen LogP contribution in [0.25, 0.3) is 0 Å². The highest BCUT2D eigenvalue weighted by Gasteiger charge is 2.19. The van der Waals surface area contributed by atoms with E-state index in [2.05, 4.69) is 0 Å². The second kappa shape index (κ2) is 9.56. The second-order valence-corrected chi connectivity index (χ2v) is 5.42. The van der Waals surface area contributed by atoms with Crippen LogP contribution in [0.1, 0.15) is 37.3 Å². The van der Waals surface area contributed by atoms with Gasteiger partial charge in [-0.2, -0.15) is 0 Å². The summed E-state index contributed by atoms with van der Waals surface area (Å²) in [5, 5.41) is 0. The van der Waals surface area contributed by atoms with E-state index in [-0.39, 0.29) is 11.9 Å². The normalized spacial score (nSPS) is 12.1. The van der Waals surface area contributed by atoms with Crippen LogP contribution >= 0.6 is 0 Å². The zero-order chi connectivity index (χ0) is 17.2. The Hall–Kier alpha value is -2.55. The van der Waals surface area contributed by atoms with Crippen molar-refractivity contribution >= 4 is 5.97 Å². The Bertz CT molecular complexity index is 645. The van der Waals surface area contributed by atoms with E-state index >= 15 is 0 Å². The summed E-state index contributed by atoms with van der Waals surface area (Å²) in [6, 6.07) is 18.0. The van der Waals surface area contributed by atoms with Gasteiger partial charge < -0.3 is 9.47 Å². The van der Waals surface area contributed by atoms with Crippen molar-refractivity contribution < 1.29 is 14.3 Å². The maximum Gasteiger partial charge on any atom is 0.306 e. The zero-order valence-electron chi connectivity index (χ0n) is 14.3. The van der Waals surface area contributed by atoms with E-state index < -0.39 is 0 Å². The number of benzene rings is 2. The number of rotatable bonds is 8. The van der Waals surface area contributed by atoms with E-state index in [1.807, 2.05) is 80.6 Å². The van der Waals surface area contributed by atoms with Gasteiger partial charge in [-0.25, -0.2) is 0 Å². The second-order valence-electron chi connectivity index (χ2n) is 5.42. The van der Waals surface area contributed by atoms with Crippen LogP contribution in [0.4, 0.5) is 0 Å². The lowest BCUT2D eigenvalue weighted by molar-refractivity contribution is -0.143. The fraction of sp³-hybridized carbons (Fsp3) is 0.286. The van der Waals surface area contributed by atoms with Gasteiger partial charge in [-0.1, -0.05) is 54.6 Å². The maximum atomic E-state index is 12.0. The molecule has 0 saturated heterocycles. The van der Waals surface area contributed by atoms with Crippen molar-refractivity contribution in [3.63, 3.8) is 0 Å². The quantitative estimate of drug-likeness (QED) is 0.520. The van der Waals surface area contributed by atoms with E-state index in [0.717, 1.165) is 16.9 Å². The third kappa shape index (κ3) is 5.27. The van der Waals surface area contributed by atoms with Gasteiger partial charge in [-0.05, 0) is 37.1 Å². The highest BCUT2D eigenvalue weighted by Crippen LogP contribution is 2.29. The molecule has 0 heterocycles. The number of esters is 1. The third-order valence-corrected chi connectivity index (χ3v) is 3.74. The summed E-state index contributed by atoms with van der Waals surface area (Å²) >= 11 is 0. The van der Waals surface area contributed by atoms with Crippen molar-refractivity contribution in [3.8, 4) is 5.75 Å². The standard InChI is InChI=1S/C21H24O3/c1-3-5-15-24-19-13-11-18(12-14-19)20(16-21(22)23-4-2)17-9-7-6-8-10-17/h3,5-14,20H,4,15-16H2,1-2H3. The first kappa shape index (κ1) is 17.8. The lowest BCUT2D eigenvalue weighted by Crippen LogP contribution is -2.11. The van der Waals surface area contributed by atoms with Gasteiger partial charge in [0.05, 0.1) is 13.0 Å². The van der Waals surface area contributed by atoms with Crippen LogP contribution in [-0.4, -0.2) is 19.2 Å². The Labute approximate surface area is 143 Å². The molecule has 0 radical (unpaired) electrons. The molecule has 126 valence electrons. The fourth-order valence-corrected chi connectivity index (χ4v) is 2.54. The molecule has 0 aromatic heterocycles. The third-order valence-electron chi connectivity index (χ3n) is 3.74.